The summed E-state index contributed by atoms with van der Waals surface area (Å²) in [7, 11) is 0. The highest BCUT2D eigenvalue weighted by Gasteiger charge is 2.43. The molecule has 1 amide bonds. The summed E-state index contributed by atoms with van der Waals surface area (Å²) in [5.41, 5.74) is 1.76. The fraction of sp³-hybridized carbons (Fsp3) is 0.227. The molecule has 0 bridgehead atoms. The molecule has 1 saturated carbocycles. The highest BCUT2D eigenvalue weighted by molar-refractivity contribution is 7.99. The van der Waals surface area contributed by atoms with Crippen LogP contribution in [0.5, 0.6) is 0 Å². The van der Waals surface area contributed by atoms with Gasteiger partial charge < -0.3 is 9.88 Å². The van der Waals surface area contributed by atoms with E-state index in [0.717, 1.165) is 12.2 Å². The van der Waals surface area contributed by atoms with Crippen LogP contribution in [0.3, 0.4) is 0 Å². The van der Waals surface area contributed by atoms with E-state index in [4.69, 9.17) is 11.6 Å². The number of nitrogens with one attached hydrogen (secondary N) is 1. The zero-order valence-corrected chi connectivity index (χ0v) is 17.7. The molecule has 1 aliphatic rings. The average Bonchev–Trinajstić information content (AvgIpc) is 3.44. The second-order valence-electron chi connectivity index (χ2n) is 7.07. The number of thioether (sulfide) groups is 1. The molecule has 1 N–H and O–H groups in total. The van der Waals surface area contributed by atoms with E-state index in [0.29, 0.717) is 29.2 Å². The molecule has 2 atom stereocenters. The molecule has 0 aliphatic heterocycles. The first kappa shape index (κ1) is 20.6. The van der Waals surface area contributed by atoms with Crippen molar-refractivity contribution in [3.8, 4) is 0 Å². The number of hydrogen-bond acceptors (Lipinski definition) is 4. The van der Waals surface area contributed by atoms with Crippen LogP contribution in [0.4, 0.5) is 10.1 Å². The molecular weight excluding hydrogens is 423 g/mol. The van der Waals surface area contributed by atoms with E-state index in [2.05, 4.69) is 34.2 Å². The van der Waals surface area contributed by atoms with Crippen molar-refractivity contribution in [1.82, 2.24) is 14.8 Å². The molecular formula is C22H20ClFN4OS. The van der Waals surface area contributed by atoms with E-state index < -0.39 is 5.82 Å². The number of hydrogen-bond donors (Lipinski definition) is 1. The van der Waals surface area contributed by atoms with Crippen LogP contribution in [0, 0.1) is 5.82 Å². The summed E-state index contributed by atoms with van der Waals surface area (Å²) < 4.78 is 15.3. The van der Waals surface area contributed by atoms with E-state index in [1.54, 1.807) is 6.08 Å². The maximum atomic E-state index is 13.3. The smallest absolute Gasteiger partial charge is 0.234 e. The van der Waals surface area contributed by atoms with Gasteiger partial charge in [-0.2, -0.15) is 0 Å². The number of anilines is 1. The van der Waals surface area contributed by atoms with Gasteiger partial charge in [0.2, 0.25) is 5.91 Å². The SMILES string of the molecule is C=CCn1c(SCC(=O)Nc2ccc(F)c(Cl)c2)nnc1C1CC1c1ccccc1. The van der Waals surface area contributed by atoms with Crippen LogP contribution in [-0.2, 0) is 11.3 Å². The van der Waals surface area contributed by atoms with Gasteiger partial charge >= 0.3 is 0 Å². The summed E-state index contributed by atoms with van der Waals surface area (Å²) in [6, 6.07) is 14.5. The Morgan fingerprint density at radius 3 is 2.80 bits per heavy atom. The van der Waals surface area contributed by atoms with E-state index in [1.807, 2.05) is 22.8 Å². The fourth-order valence-electron chi connectivity index (χ4n) is 3.43. The van der Waals surface area contributed by atoms with Crippen molar-refractivity contribution in [3.63, 3.8) is 0 Å². The Kier molecular flexibility index (Phi) is 6.20. The number of allylic oxidation sites excluding steroid dienone is 1. The lowest BCUT2D eigenvalue weighted by molar-refractivity contribution is -0.113. The monoisotopic (exact) mass is 442 g/mol. The van der Waals surface area contributed by atoms with Crippen molar-refractivity contribution in [2.24, 2.45) is 0 Å². The molecule has 1 heterocycles. The summed E-state index contributed by atoms with van der Waals surface area (Å²) >= 11 is 7.06. The highest BCUT2D eigenvalue weighted by atomic mass is 35.5. The Hall–Kier alpha value is -2.64. The zero-order valence-electron chi connectivity index (χ0n) is 16.1. The highest BCUT2D eigenvalue weighted by Crippen LogP contribution is 2.54. The first-order valence-electron chi connectivity index (χ1n) is 9.53. The predicted octanol–water partition coefficient (Wildman–Crippen LogP) is 5.26. The van der Waals surface area contributed by atoms with Gasteiger partial charge in [0.15, 0.2) is 5.16 Å². The van der Waals surface area contributed by atoms with Crippen LogP contribution in [0.1, 0.15) is 29.6 Å². The number of benzene rings is 2. The van der Waals surface area contributed by atoms with Gasteiger partial charge in [-0.15, -0.1) is 16.8 Å². The molecule has 5 nitrogen and oxygen atoms in total. The molecule has 1 aromatic heterocycles. The van der Waals surface area contributed by atoms with E-state index in [-0.39, 0.29) is 16.7 Å². The lowest BCUT2D eigenvalue weighted by Crippen LogP contribution is -2.15. The quantitative estimate of drug-likeness (QED) is 0.382. The summed E-state index contributed by atoms with van der Waals surface area (Å²) in [6.07, 6.45) is 2.84. The molecule has 0 radical (unpaired) electrons. The largest absolute Gasteiger partial charge is 0.325 e. The van der Waals surface area contributed by atoms with Gasteiger partial charge in [0.05, 0.1) is 10.8 Å². The van der Waals surface area contributed by atoms with E-state index in [1.165, 1.54) is 35.5 Å². The number of carbonyl (C=O) groups is 1. The van der Waals surface area contributed by atoms with Gasteiger partial charge in [-0.3, -0.25) is 4.79 Å². The van der Waals surface area contributed by atoms with Crippen LogP contribution < -0.4 is 5.32 Å². The average molecular weight is 443 g/mol. The van der Waals surface area contributed by atoms with Gasteiger partial charge in [-0.05, 0) is 36.1 Å². The van der Waals surface area contributed by atoms with Gasteiger partial charge in [-0.1, -0.05) is 59.8 Å². The van der Waals surface area contributed by atoms with Gasteiger partial charge in [0.1, 0.15) is 11.6 Å². The zero-order chi connectivity index (χ0) is 21.1. The molecule has 0 saturated heterocycles. The lowest BCUT2D eigenvalue weighted by Gasteiger charge is -2.08. The van der Waals surface area contributed by atoms with Crippen LogP contribution in [0.2, 0.25) is 5.02 Å². The number of nitrogens with zero attached hydrogens (tertiary/aromatic N) is 3. The maximum absolute atomic E-state index is 13.3. The Bertz CT molecular complexity index is 1070. The first-order chi connectivity index (χ1) is 14.6. The maximum Gasteiger partial charge on any atom is 0.234 e. The van der Waals surface area contributed by atoms with Crippen molar-refractivity contribution in [1.29, 1.82) is 0 Å². The van der Waals surface area contributed by atoms with Crippen molar-refractivity contribution in [2.45, 2.75) is 30.0 Å². The van der Waals surface area contributed by atoms with Gasteiger partial charge in [-0.25, -0.2) is 4.39 Å². The molecule has 1 aliphatic carbocycles. The number of rotatable bonds is 8. The molecule has 2 aromatic carbocycles. The molecule has 1 fully saturated rings. The Morgan fingerprint density at radius 2 is 2.07 bits per heavy atom. The number of halogens is 2. The van der Waals surface area contributed by atoms with Crippen molar-refractivity contribution in [3.05, 3.63) is 83.4 Å². The standard InChI is InChI=1S/C22H20ClFN4OS/c1-2-10-28-21(17-12-16(17)14-6-4-3-5-7-14)26-27-22(28)30-13-20(29)25-15-8-9-19(24)18(23)11-15/h2-9,11,16-17H,1,10,12-13H2,(H,25,29). The van der Waals surface area contributed by atoms with Crippen molar-refractivity contribution in [2.75, 3.05) is 11.1 Å². The number of carbonyl (C=O) groups excluding carboxylic acids is 1. The minimum absolute atomic E-state index is 0.0341. The minimum atomic E-state index is -0.525. The van der Waals surface area contributed by atoms with E-state index in [9.17, 15) is 9.18 Å². The van der Waals surface area contributed by atoms with Crippen molar-refractivity contribution < 1.29 is 9.18 Å². The fourth-order valence-corrected chi connectivity index (χ4v) is 4.37. The molecule has 2 unspecified atom stereocenters. The third kappa shape index (κ3) is 4.57. The second kappa shape index (κ2) is 9.02. The summed E-state index contributed by atoms with van der Waals surface area (Å²) in [5, 5.41) is 12.1. The van der Waals surface area contributed by atoms with Gasteiger partial charge in [0.25, 0.3) is 0 Å². The van der Waals surface area contributed by atoms with Crippen LogP contribution >= 0.6 is 23.4 Å². The van der Waals surface area contributed by atoms with E-state index >= 15 is 0 Å². The molecule has 8 heteroatoms. The predicted molar refractivity (Wildman–Crippen MR) is 118 cm³/mol. The Morgan fingerprint density at radius 1 is 1.27 bits per heavy atom. The van der Waals surface area contributed by atoms with Crippen LogP contribution in [0.25, 0.3) is 0 Å². The number of aromatic nitrogens is 3. The molecule has 3 aromatic rings. The topological polar surface area (TPSA) is 59.8 Å². The second-order valence-corrected chi connectivity index (χ2v) is 8.41. The van der Waals surface area contributed by atoms with Crippen LogP contribution in [-0.4, -0.2) is 26.4 Å². The Balaban J connectivity index is 1.41. The molecule has 154 valence electrons. The summed E-state index contributed by atoms with van der Waals surface area (Å²) in [5.74, 6) is 1.09. The molecule has 30 heavy (non-hydrogen) atoms. The Labute approximate surface area is 183 Å². The summed E-state index contributed by atoms with van der Waals surface area (Å²) in [4.78, 5) is 12.3. The first-order valence-corrected chi connectivity index (χ1v) is 10.9. The number of amides is 1. The third-order valence-electron chi connectivity index (χ3n) is 4.94. The van der Waals surface area contributed by atoms with Crippen molar-refractivity contribution >= 4 is 35.0 Å². The summed E-state index contributed by atoms with van der Waals surface area (Å²) in [6.45, 7) is 4.41. The normalized spacial score (nSPS) is 17.5. The minimum Gasteiger partial charge on any atom is -0.325 e. The lowest BCUT2D eigenvalue weighted by atomic mass is 10.1. The third-order valence-corrected chi connectivity index (χ3v) is 6.20. The molecule has 4 rings (SSSR count). The van der Waals surface area contributed by atoms with Crippen LogP contribution in [0.15, 0.2) is 66.3 Å². The molecule has 0 spiro atoms. The van der Waals surface area contributed by atoms with Gasteiger partial charge in [0, 0.05) is 18.2 Å².